The van der Waals surface area contributed by atoms with Crippen LogP contribution in [0.4, 0.5) is 5.69 Å². The van der Waals surface area contributed by atoms with Gasteiger partial charge in [0.15, 0.2) is 0 Å². The highest BCUT2D eigenvalue weighted by molar-refractivity contribution is 6.39. The minimum Gasteiger partial charge on any atom is -0.469 e. The molecular formula is C13H15Cl2NO3. The van der Waals surface area contributed by atoms with Crippen LogP contribution in [0.15, 0.2) is 18.2 Å². The number of hydrogen-bond acceptors (Lipinski definition) is 3. The molecule has 0 aliphatic heterocycles. The van der Waals surface area contributed by atoms with Crippen LogP contribution in [0.25, 0.3) is 0 Å². The van der Waals surface area contributed by atoms with Crippen molar-refractivity contribution in [1.82, 2.24) is 0 Å². The molecule has 1 aromatic carbocycles. The van der Waals surface area contributed by atoms with Gasteiger partial charge in [-0.2, -0.15) is 0 Å². The Kier molecular flexibility index (Phi) is 6.12. The number of esters is 1. The van der Waals surface area contributed by atoms with Crippen molar-refractivity contribution in [2.45, 2.75) is 19.8 Å². The number of carbonyl (C=O) groups excluding carboxylic acids is 2. The number of nitrogens with one attached hydrogen (secondary N) is 1. The molecule has 0 saturated heterocycles. The van der Waals surface area contributed by atoms with Gasteiger partial charge in [0.25, 0.3) is 0 Å². The number of para-hydroxylation sites is 1. The van der Waals surface area contributed by atoms with Gasteiger partial charge in [-0.1, -0.05) is 36.2 Å². The summed E-state index contributed by atoms with van der Waals surface area (Å²) in [5, 5.41) is 3.42. The number of ether oxygens (including phenoxy) is 1. The molecule has 0 bridgehead atoms. The van der Waals surface area contributed by atoms with Gasteiger partial charge in [0, 0.05) is 12.3 Å². The van der Waals surface area contributed by atoms with Crippen LogP contribution >= 0.6 is 23.2 Å². The lowest BCUT2D eigenvalue weighted by Crippen LogP contribution is -2.21. The van der Waals surface area contributed by atoms with E-state index in [1.54, 1.807) is 25.1 Å². The van der Waals surface area contributed by atoms with Gasteiger partial charge >= 0.3 is 5.97 Å². The van der Waals surface area contributed by atoms with E-state index in [0.29, 0.717) is 22.2 Å². The summed E-state index contributed by atoms with van der Waals surface area (Å²) in [6.07, 6.45) is 0.599. The molecule has 1 rings (SSSR count). The normalized spacial score (nSPS) is 11.8. The largest absolute Gasteiger partial charge is 0.469 e. The first-order valence-corrected chi connectivity index (χ1v) is 6.53. The van der Waals surface area contributed by atoms with E-state index < -0.39 is 0 Å². The molecule has 0 unspecified atom stereocenters. The SMILES string of the molecule is COC(=O)CC[C@H](C)C(=O)Nc1c(Cl)cccc1Cl. The fraction of sp³-hybridized carbons (Fsp3) is 0.385. The topological polar surface area (TPSA) is 55.4 Å². The zero-order valence-corrected chi connectivity index (χ0v) is 12.2. The van der Waals surface area contributed by atoms with Gasteiger partial charge in [-0.25, -0.2) is 0 Å². The van der Waals surface area contributed by atoms with E-state index in [1.807, 2.05) is 0 Å². The Morgan fingerprint density at radius 2 is 1.89 bits per heavy atom. The monoisotopic (exact) mass is 303 g/mol. The van der Waals surface area contributed by atoms with E-state index in [1.165, 1.54) is 7.11 Å². The van der Waals surface area contributed by atoms with Crippen LogP contribution < -0.4 is 5.32 Å². The first kappa shape index (κ1) is 15.8. The smallest absolute Gasteiger partial charge is 0.305 e. The summed E-state index contributed by atoms with van der Waals surface area (Å²) in [7, 11) is 1.32. The maximum Gasteiger partial charge on any atom is 0.305 e. The van der Waals surface area contributed by atoms with Crippen LogP contribution in [0.2, 0.25) is 10.0 Å². The third-order valence-corrected chi connectivity index (χ3v) is 3.30. The third-order valence-electron chi connectivity index (χ3n) is 2.67. The summed E-state index contributed by atoms with van der Waals surface area (Å²) in [6, 6.07) is 4.98. The van der Waals surface area contributed by atoms with Gasteiger partial charge in [-0.05, 0) is 18.6 Å². The molecule has 0 aromatic heterocycles. The number of benzene rings is 1. The summed E-state index contributed by atoms with van der Waals surface area (Å²) in [5.74, 6) is -0.916. The second kappa shape index (κ2) is 7.36. The predicted octanol–water partition coefficient (Wildman–Crippen LogP) is 3.52. The number of hydrogen-bond donors (Lipinski definition) is 1. The van der Waals surface area contributed by atoms with E-state index in [2.05, 4.69) is 10.1 Å². The van der Waals surface area contributed by atoms with Gasteiger partial charge in [-0.15, -0.1) is 0 Å². The van der Waals surface area contributed by atoms with Crippen molar-refractivity contribution >= 4 is 40.8 Å². The summed E-state index contributed by atoms with van der Waals surface area (Å²) < 4.78 is 4.52. The summed E-state index contributed by atoms with van der Waals surface area (Å²) >= 11 is 11.9. The fourth-order valence-corrected chi connectivity index (χ4v) is 1.92. The second-order valence-corrected chi connectivity index (χ2v) is 4.92. The lowest BCUT2D eigenvalue weighted by Gasteiger charge is -2.13. The molecule has 0 heterocycles. The molecule has 1 aromatic rings. The van der Waals surface area contributed by atoms with Crippen LogP contribution in [-0.4, -0.2) is 19.0 Å². The van der Waals surface area contributed by atoms with E-state index in [0.717, 1.165) is 0 Å². The van der Waals surface area contributed by atoms with Crippen molar-refractivity contribution in [3.63, 3.8) is 0 Å². The number of amides is 1. The van der Waals surface area contributed by atoms with Gasteiger partial charge in [0.05, 0.1) is 22.8 Å². The Balaban J connectivity index is 2.61. The minimum atomic E-state index is -0.341. The molecule has 0 aliphatic rings. The Bertz CT molecular complexity index is 457. The van der Waals surface area contributed by atoms with Crippen molar-refractivity contribution in [3.8, 4) is 0 Å². The van der Waals surface area contributed by atoms with Crippen LogP contribution in [0.1, 0.15) is 19.8 Å². The number of anilines is 1. The summed E-state index contributed by atoms with van der Waals surface area (Å²) in [4.78, 5) is 22.9. The van der Waals surface area contributed by atoms with Crippen molar-refractivity contribution < 1.29 is 14.3 Å². The Hall–Kier alpha value is -1.26. The molecule has 4 nitrogen and oxygen atoms in total. The van der Waals surface area contributed by atoms with Crippen LogP contribution in [0.5, 0.6) is 0 Å². The molecule has 1 atom stereocenters. The molecule has 1 N–H and O–H groups in total. The highest BCUT2D eigenvalue weighted by atomic mass is 35.5. The molecule has 104 valence electrons. The van der Waals surface area contributed by atoms with E-state index in [9.17, 15) is 9.59 Å². The molecule has 0 spiro atoms. The van der Waals surface area contributed by atoms with Crippen molar-refractivity contribution in [1.29, 1.82) is 0 Å². The molecule has 0 saturated carbocycles. The summed E-state index contributed by atoms with van der Waals surface area (Å²) in [6.45, 7) is 1.73. The summed E-state index contributed by atoms with van der Waals surface area (Å²) in [5.41, 5.74) is 0.390. The maximum absolute atomic E-state index is 11.9. The lowest BCUT2D eigenvalue weighted by atomic mass is 10.0. The second-order valence-electron chi connectivity index (χ2n) is 4.10. The van der Waals surface area contributed by atoms with E-state index in [-0.39, 0.29) is 24.2 Å². The molecule has 0 radical (unpaired) electrons. The Morgan fingerprint density at radius 3 is 2.42 bits per heavy atom. The third kappa shape index (κ3) is 4.73. The molecule has 0 fully saturated rings. The van der Waals surface area contributed by atoms with E-state index >= 15 is 0 Å². The molecule has 0 aliphatic carbocycles. The molecular weight excluding hydrogens is 289 g/mol. The first-order valence-electron chi connectivity index (χ1n) is 5.77. The molecule has 19 heavy (non-hydrogen) atoms. The number of methoxy groups -OCH3 is 1. The highest BCUT2D eigenvalue weighted by Crippen LogP contribution is 2.30. The zero-order valence-electron chi connectivity index (χ0n) is 10.7. The number of halogens is 2. The average Bonchev–Trinajstić information content (AvgIpc) is 2.39. The number of rotatable bonds is 5. The van der Waals surface area contributed by atoms with Crippen molar-refractivity contribution in [3.05, 3.63) is 28.2 Å². The van der Waals surface area contributed by atoms with Crippen LogP contribution in [0.3, 0.4) is 0 Å². The van der Waals surface area contributed by atoms with Gasteiger partial charge in [-0.3, -0.25) is 9.59 Å². The zero-order chi connectivity index (χ0) is 14.4. The quantitative estimate of drug-likeness (QED) is 0.847. The van der Waals surface area contributed by atoms with Gasteiger partial charge in [0.2, 0.25) is 5.91 Å². The Morgan fingerprint density at radius 1 is 1.32 bits per heavy atom. The maximum atomic E-state index is 11.9. The van der Waals surface area contributed by atoms with Crippen LogP contribution in [0, 0.1) is 5.92 Å². The van der Waals surface area contributed by atoms with Gasteiger partial charge in [0.1, 0.15) is 0 Å². The van der Waals surface area contributed by atoms with Crippen molar-refractivity contribution in [2.75, 3.05) is 12.4 Å². The minimum absolute atomic E-state index is 0.196. The molecule has 6 heteroatoms. The van der Waals surface area contributed by atoms with Crippen molar-refractivity contribution in [2.24, 2.45) is 5.92 Å². The predicted molar refractivity (Wildman–Crippen MR) is 75.5 cm³/mol. The average molecular weight is 304 g/mol. The fourth-order valence-electron chi connectivity index (χ4n) is 1.43. The van der Waals surface area contributed by atoms with E-state index in [4.69, 9.17) is 23.2 Å². The van der Waals surface area contributed by atoms with Crippen LogP contribution in [-0.2, 0) is 14.3 Å². The van der Waals surface area contributed by atoms with Gasteiger partial charge < -0.3 is 10.1 Å². The number of carbonyl (C=O) groups is 2. The lowest BCUT2D eigenvalue weighted by molar-refractivity contribution is -0.141. The first-order chi connectivity index (χ1) is 8.95. The molecule has 1 amide bonds. The highest BCUT2D eigenvalue weighted by Gasteiger charge is 2.17. The standard InChI is InChI=1S/C13H15Cl2NO3/c1-8(6-7-11(17)19-2)13(18)16-12-9(14)4-3-5-10(12)15/h3-5,8H,6-7H2,1-2H3,(H,16,18)/t8-/m0/s1. The Labute approximate surface area is 122 Å².